The first-order valence-electron chi connectivity index (χ1n) is 4.61. The molecule has 0 bridgehead atoms. The van der Waals surface area contributed by atoms with Gasteiger partial charge in [0.2, 0.25) is 0 Å². The Morgan fingerprint density at radius 2 is 2.38 bits per heavy atom. The highest BCUT2D eigenvalue weighted by Gasteiger charge is 2.11. The summed E-state index contributed by atoms with van der Waals surface area (Å²) in [6, 6.07) is 0. The van der Waals surface area contributed by atoms with E-state index in [2.05, 4.69) is 25.2 Å². The van der Waals surface area contributed by atoms with Gasteiger partial charge in [-0.25, -0.2) is 0 Å². The van der Waals surface area contributed by atoms with Crippen molar-refractivity contribution in [3.8, 4) is 0 Å². The Hall–Kier alpha value is -0.890. The summed E-state index contributed by atoms with van der Waals surface area (Å²) < 4.78 is 0. The van der Waals surface area contributed by atoms with Crippen LogP contribution in [-0.2, 0) is 0 Å². The van der Waals surface area contributed by atoms with Crippen LogP contribution in [0.5, 0.6) is 0 Å². The number of allylic oxidation sites excluding steroid dienone is 5. The predicted molar refractivity (Wildman–Crippen MR) is 61.6 cm³/mol. The number of hydrogen-bond donors (Lipinski definition) is 1. The molecule has 1 nitrogen and oxygen atoms in total. The minimum atomic E-state index is 0.960. The van der Waals surface area contributed by atoms with Crippen LogP contribution in [0.25, 0.3) is 0 Å². The molecule has 2 N–H and O–H groups in total. The zero-order valence-electron chi connectivity index (χ0n) is 7.92. The highest BCUT2D eigenvalue weighted by molar-refractivity contribution is 7.80. The van der Waals surface area contributed by atoms with E-state index in [0.717, 1.165) is 29.7 Å². The molecule has 0 fully saturated rings. The molecule has 1 aliphatic carbocycles. The Balaban J connectivity index is 2.87. The molecule has 0 radical (unpaired) electrons. The summed E-state index contributed by atoms with van der Waals surface area (Å²) in [5, 5.41) is 0. The van der Waals surface area contributed by atoms with Gasteiger partial charge in [0.25, 0.3) is 0 Å². The van der Waals surface area contributed by atoms with Crippen molar-refractivity contribution in [3.05, 3.63) is 35.6 Å². The third kappa shape index (κ3) is 2.52. The fourth-order valence-corrected chi connectivity index (χ4v) is 1.66. The molecule has 0 saturated carbocycles. The molecule has 1 aliphatic rings. The number of rotatable bonds is 2. The Labute approximate surface area is 85.0 Å². The summed E-state index contributed by atoms with van der Waals surface area (Å²) >= 11 is 5.23. The first kappa shape index (κ1) is 10.2. The van der Waals surface area contributed by atoms with Crippen LogP contribution < -0.4 is 5.73 Å². The van der Waals surface area contributed by atoms with E-state index in [1.165, 1.54) is 5.57 Å². The second kappa shape index (κ2) is 4.97. The monoisotopic (exact) mass is 193 g/mol. The van der Waals surface area contributed by atoms with Crippen molar-refractivity contribution in [2.45, 2.75) is 26.2 Å². The van der Waals surface area contributed by atoms with Crippen molar-refractivity contribution in [3.63, 3.8) is 0 Å². The van der Waals surface area contributed by atoms with Crippen molar-refractivity contribution < 1.29 is 0 Å². The Kier molecular flexibility index (Phi) is 3.90. The minimum Gasteiger partial charge on any atom is -0.404 e. The van der Waals surface area contributed by atoms with Gasteiger partial charge in [-0.15, -0.1) is 0 Å². The minimum absolute atomic E-state index is 0.960. The van der Waals surface area contributed by atoms with E-state index in [4.69, 9.17) is 18.0 Å². The molecule has 0 amide bonds. The van der Waals surface area contributed by atoms with Gasteiger partial charge in [0, 0.05) is 16.6 Å². The van der Waals surface area contributed by atoms with Crippen LogP contribution in [0.3, 0.4) is 0 Å². The lowest BCUT2D eigenvalue weighted by molar-refractivity contribution is 1.07. The molecule has 0 saturated heterocycles. The van der Waals surface area contributed by atoms with Crippen LogP contribution in [-0.4, -0.2) is 4.86 Å². The maximum atomic E-state index is 5.53. The van der Waals surface area contributed by atoms with Crippen LogP contribution in [0.4, 0.5) is 0 Å². The molecule has 0 aromatic carbocycles. The summed E-state index contributed by atoms with van der Waals surface area (Å²) in [7, 11) is 0. The van der Waals surface area contributed by atoms with E-state index in [1.807, 2.05) is 0 Å². The third-order valence-electron chi connectivity index (χ3n) is 2.05. The van der Waals surface area contributed by atoms with Crippen molar-refractivity contribution in [2.24, 2.45) is 5.73 Å². The van der Waals surface area contributed by atoms with Gasteiger partial charge in [-0.2, -0.15) is 0 Å². The molecule has 0 spiro atoms. The predicted octanol–water partition coefficient (Wildman–Crippen LogP) is 2.89. The second-order valence-corrected chi connectivity index (χ2v) is 3.51. The molecule has 0 atom stereocenters. The zero-order chi connectivity index (χ0) is 9.68. The van der Waals surface area contributed by atoms with Gasteiger partial charge in [0.15, 0.2) is 0 Å². The maximum absolute atomic E-state index is 5.53. The van der Waals surface area contributed by atoms with Crippen molar-refractivity contribution in [1.82, 2.24) is 0 Å². The number of hydrogen-bond acceptors (Lipinski definition) is 2. The van der Waals surface area contributed by atoms with E-state index in [1.54, 1.807) is 6.20 Å². The topological polar surface area (TPSA) is 26.0 Å². The van der Waals surface area contributed by atoms with Gasteiger partial charge in [-0.1, -0.05) is 37.4 Å². The summed E-state index contributed by atoms with van der Waals surface area (Å²) in [4.78, 5) is 0.987. The Bertz CT molecular complexity index is 284. The Morgan fingerprint density at radius 3 is 3.00 bits per heavy atom. The van der Waals surface area contributed by atoms with Crippen molar-refractivity contribution in [2.75, 3.05) is 0 Å². The molecule has 0 aromatic rings. The molecular weight excluding hydrogens is 178 g/mol. The zero-order valence-corrected chi connectivity index (χ0v) is 8.73. The van der Waals surface area contributed by atoms with Crippen molar-refractivity contribution >= 4 is 17.1 Å². The Morgan fingerprint density at radius 1 is 1.62 bits per heavy atom. The largest absolute Gasteiger partial charge is 0.404 e. The van der Waals surface area contributed by atoms with Gasteiger partial charge in [0.1, 0.15) is 0 Å². The van der Waals surface area contributed by atoms with E-state index in [9.17, 15) is 0 Å². The molecule has 2 heteroatoms. The normalized spacial score (nSPS) is 21.2. The third-order valence-corrected chi connectivity index (χ3v) is 2.47. The van der Waals surface area contributed by atoms with Gasteiger partial charge in [-0.3, -0.25) is 0 Å². The average Bonchev–Trinajstić information content (AvgIpc) is 2.15. The second-order valence-electron chi connectivity index (χ2n) is 3.01. The standard InChI is InChI=1S/C11H15NS/c1-2-3-5-9-6-4-7-11(13)10(9)8-12/h3,5-6,8H,2,4,7,12H2,1H3/b5-3-,10-8?. The quantitative estimate of drug-likeness (QED) is 0.539. The molecule has 0 aromatic heterocycles. The van der Waals surface area contributed by atoms with Gasteiger partial charge in [-0.05, 0) is 24.8 Å². The molecule has 0 unspecified atom stereocenters. The lowest BCUT2D eigenvalue weighted by atomic mass is 9.93. The number of thiocarbonyl (C=S) groups is 1. The first-order valence-corrected chi connectivity index (χ1v) is 5.02. The SMILES string of the molecule is CC/C=C\C1=CCCC(=S)C1=CN. The molecule has 13 heavy (non-hydrogen) atoms. The van der Waals surface area contributed by atoms with Crippen LogP contribution in [0.2, 0.25) is 0 Å². The van der Waals surface area contributed by atoms with E-state index in [0.29, 0.717) is 0 Å². The first-order chi connectivity index (χ1) is 6.29. The van der Waals surface area contributed by atoms with Gasteiger partial charge in [0.05, 0.1) is 0 Å². The molecule has 0 heterocycles. The van der Waals surface area contributed by atoms with Crippen LogP contribution >= 0.6 is 12.2 Å². The lowest BCUT2D eigenvalue weighted by Crippen LogP contribution is -2.08. The summed E-state index contributed by atoms with van der Waals surface area (Å²) in [5.41, 5.74) is 7.75. The maximum Gasteiger partial charge on any atom is 0.0247 e. The lowest BCUT2D eigenvalue weighted by Gasteiger charge is -2.14. The van der Waals surface area contributed by atoms with Crippen LogP contribution in [0.1, 0.15) is 26.2 Å². The highest BCUT2D eigenvalue weighted by Crippen LogP contribution is 2.22. The fourth-order valence-electron chi connectivity index (χ4n) is 1.36. The molecule has 70 valence electrons. The van der Waals surface area contributed by atoms with Crippen LogP contribution in [0.15, 0.2) is 35.6 Å². The van der Waals surface area contributed by atoms with E-state index < -0.39 is 0 Å². The van der Waals surface area contributed by atoms with Crippen molar-refractivity contribution in [1.29, 1.82) is 0 Å². The summed E-state index contributed by atoms with van der Waals surface area (Å²) in [5.74, 6) is 0. The average molecular weight is 193 g/mol. The van der Waals surface area contributed by atoms with E-state index in [-0.39, 0.29) is 0 Å². The van der Waals surface area contributed by atoms with Gasteiger partial charge >= 0.3 is 0 Å². The van der Waals surface area contributed by atoms with E-state index >= 15 is 0 Å². The highest BCUT2D eigenvalue weighted by atomic mass is 32.1. The smallest absolute Gasteiger partial charge is 0.0247 e. The van der Waals surface area contributed by atoms with Gasteiger partial charge < -0.3 is 5.73 Å². The summed E-state index contributed by atoms with van der Waals surface area (Å²) in [6.45, 7) is 2.12. The number of nitrogens with two attached hydrogens (primary N) is 1. The fraction of sp³-hybridized carbons (Fsp3) is 0.364. The molecule has 1 rings (SSSR count). The van der Waals surface area contributed by atoms with Crippen LogP contribution in [0, 0.1) is 0 Å². The summed E-state index contributed by atoms with van der Waals surface area (Å²) in [6.07, 6.45) is 11.1. The molecule has 0 aliphatic heterocycles. The molecular formula is C11H15NS.